The van der Waals surface area contributed by atoms with Gasteiger partial charge in [0.25, 0.3) is 0 Å². The maximum atomic E-state index is 10.6. The molecule has 90 valence electrons. The van der Waals surface area contributed by atoms with Gasteiger partial charge in [-0.05, 0) is 45.4 Å². The Balaban J connectivity index is 1.89. The van der Waals surface area contributed by atoms with Gasteiger partial charge >= 0.3 is 0 Å². The molecule has 0 radical (unpaired) electrons. The lowest BCUT2D eigenvalue weighted by atomic mass is 10.4. The number of nitrogens with zero attached hydrogens (tertiary/aromatic N) is 1. The lowest BCUT2D eigenvalue weighted by molar-refractivity contribution is 0.331. The summed E-state index contributed by atoms with van der Waals surface area (Å²) in [6.45, 7) is 4.88. The molecule has 15 heavy (non-hydrogen) atoms. The maximum absolute atomic E-state index is 10.6. The molecule has 0 saturated carbocycles. The fraction of sp³-hybridized carbons (Fsp3) is 1.00. The molecule has 0 aromatic carbocycles. The van der Waals surface area contributed by atoms with E-state index in [9.17, 15) is 8.42 Å². The summed E-state index contributed by atoms with van der Waals surface area (Å²) in [6, 6.07) is 0. The number of nitrogens with two attached hydrogens (primary N) is 1. The number of sulfonamides is 1. The first kappa shape index (κ1) is 12.9. The van der Waals surface area contributed by atoms with Crippen molar-refractivity contribution in [2.24, 2.45) is 5.14 Å². The monoisotopic (exact) mass is 235 g/mol. The normalized spacial score (nSPS) is 18.5. The minimum atomic E-state index is -3.30. The van der Waals surface area contributed by atoms with Crippen molar-refractivity contribution < 1.29 is 8.42 Å². The van der Waals surface area contributed by atoms with Gasteiger partial charge in [0.05, 0.1) is 5.75 Å². The molecule has 1 aliphatic heterocycles. The molecule has 1 saturated heterocycles. The number of hydrogen-bond acceptors (Lipinski definition) is 4. The molecule has 1 aliphatic rings. The maximum Gasteiger partial charge on any atom is 0.210 e. The van der Waals surface area contributed by atoms with Gasteiger partial charge in [0.2, 0.25) is 10.0 Å². The molecule has 5 nitrogen and oxygen atoms in total. The molecule has 0 aromatic heterocycles. The van der Waals surface area contributed by atoms with E-state index in [2.05, 4.69) is 10.2 Å². The summed E-state index contributed by atoms with van der Waals surface area (Å²) < 4.78 is 21.2. The Kier molecular flexibility index (Phi) is 5.52. The lowest BCUT2D eigenvalue weighted by Crippen LogP contribution is -2.29. The summed E-state index contributed by atoms with van der Waals surface area (Å²) in [7, 11) is -3.30. The van der Waals surface area contributed by atoms with Crippen molar-refractivity contribution in [3.05, 3.63) is 0 Å². The van der Waals surface area contributed by atoms with Gasteiger partial charge in [-0.2, -0.15) is 0 Å². The van der Waals surface area contributed by atoms with Crippen LogP contribution in [0, 0.1) is 0 Å². The summed E-state index contributed by atoms with van der Waals surface area (Å²) in [6.07, 6.45) is 3.71. The van der Waals surface area contributed by atoms with Crippen molar-refractivity contribution in [3.8, 4) is 0 Å². The van der Waals surface area contributed by atoms with Gasteiger partial charge in [0.1, 0.15) is 0 Å². The first-order valence-corrected chi connectivity index (χ1v) is 7.23. The van der Waals surface area contributed by atoms with Crippen molar-refractivity contribution in [2.45, 2.75) is 19.3 Å². The van der Waals surface area contributed by atoms with Crippen LogP contribution >= 0.6 is 0 Å². The third-order valence-electron chi connectivity index (χ3n) is 2.59. The minimum absolute atomic E-state index is 0.0245. The van der Waals surface area contributed by atoms with E-state index in [4.69, 9.17) is 5.14 Å². The highest BCUT2D eigenvalue weighted by Crippen LogP contribution is 2.06. The average molecular weight is 235 g/mol. The third-order valence-corrected chi connectivity index (χ3v) is 3.36. The number of rotatable bonds is 7. The molecule has 0 atom stereocenters. The molecule has 1 rings (SSSR count). The van der Waals surface area contributed by atoms with E-state index in [0.29, 0.717) is 6.54 Å². The number of hydrogen-bond donors (Lipinski definition) is 2. The van der Waals surface area contributed by atoms with Gasteiger partial charge in [0, 0.05) is 6.54 Å². The minimum Gasteiger partial charge on any atom is -0.316 e. The zero-order valence-corrected chi connectivity index (χ0v) is 9.93. The second-order valence-corrected chi connectivity index (χ2v) is 5.75. The van der Waals surface area contributed by atoms with Crippen LogP contribution in [0.2, 0.25) is 0 Å². The summed E-state index contributed by atoms with van der Waals surface area (Å²) >= 11 is 0. The van der Waals surface area contributed by atoms with Crippen molar-refractivity contribution in [1.29, 1.82) is 0 Å². The summed E-state index contributed by atoms with van der Waals surface area (Å²) in [5.74, 6) is 0.0245. The predicted octanol–water partition coefficient (Wildman–Crippen LogP) is -0.650. The van der Waals surface area contributed by atoms with Gasteiger partial charge in [-0.1, -0.05) is 0 Å². The summed E-state index contributed by atoms with van der Waals surface area (Å²) in [5, 5.41) is 7.95. The third kappa shape index (κ3) is 6.83. The first-order valence-electron chi connectivity index (χ1n) is 5.51. The zero-order chi connectivity index (χ0) is 11.1. The predicted molar refractivity (Wildman–Crippen MR) is 61.1 cm³/mol. The Labute approximate surface area is 92.1 Å². The Morgan fingerprint density at radius 1 is 1.20 bits per heavy atom. The van der Waals surface area contributed by atoms with Gasteiger partial charge < -0.3 is 10.2 Å². The topological polar surface area (TPSA) is 75.4 Å². The van der Waals surface area contributed by atoms with Crippen LogP contribution in [0.5, 0.6) is 0 Å². The number of nitrogens with one attached hydrogen (secondary N) is 1. The smallest absolute Gasteiger partial charge is 0.210 e. The van der Waals surface area contributed by atoms with Crippen LogP contribution in [0.1, 0.15) is 19.3 Å². The zero-order valence-electron chi connectivity index (χ0n) is 9.11. The van der Waals surface area contributed by atoms with Crippen molar-refractivity contribution >= 4 is 10.0 Å². The summed E-state index contributed by atoms with van der Waals surface area (Å²) in [4.78, 5) is 2.45. The standard InChI is InChI=1S/C9H21N3O2S/c10-15(13,14)9-5-11-4-3-8-12-6-1-2-7-12/h11H,1-9H2,(H2,10,13,14). The highest BCUT2D eigenvalue weighted by Gasteiger charge is 2.09. The van der Waals surface area contributed by atoms with Crippen LogP contribution in [-0.4, -0.2) is 51.8 Å². The van der Waals surface area contributed by atoms with E-state index in [0.717, 1.165) is 19.5 Å². The quantitative estimate of drug-likeness (QED) is 0.575. The number of likely N-dealkylation sites (tertiary alicyclic amines) is 1. The Morgan fingerprint density at radius 3 is 2.47 bits per heavy atom. The molecule has 0 aromatic rings. The molecule has 0 bridgehead atoms. The molecule has 0 spiro atoms. The van der Waals surface area contributed by atoms with Gasteiger partial charge in [0.15, 0.2) is 0 Å². The second-order valence-electron chi connectivity index (χ2n) is 4.02. The van der Waals surface area contributed by atoms with Crippen LogP contribution < -0.4 is 10.5 Å². The second kappa shape index (κ2) is 6.42. The molecule has 6 heteroatoms. The SMILES string of the molecule is NS(=O)(=O)CCNCCCN1CCCC1. The van der Waals surface area contributed by atoms with Gasteiger partial charge in [-0.25, -0.2) is 13.6 Å². The molecular weight excluding hydrogens is 214 g/mol. The van der Waals surface area contributed by atoms with Crippen molar-refractivity contribution in [2.75, 3.05) is 38.5 Å². The van der Waals surface area contributed by atoms with E-state index in [1.54, 1.807) is 0 Å². The molecular formula is C9H21N3O2S. The molecule has 0 amide bonds. The number of primary sulfonamides is 1. The highest BCUT2D eigenvalue weighted by atomic mass is 32.2. The molecule has 3 N–H and O–H groups in total. The lowest BCUT2D eigenvalue weighted by Gasteiger charge is -2.14. The Morgan fingerprint density at radius 2 is 1.87 bits per heavy atom. The van der Waals surface area contributed by atoms with E-state index in [-0.39, 0.29) is 5.75 Å². The van der Waals surface area contributed by atoms with Crippen LogP contribution in [0.4, 0.5) is 0 Å². The molecule has 1 fully saturated rings. The fourth-order valence-corrected chi connectivity index (χ4v) is 2.20. The molecule has 1 heterocycles. The van der Waals surface area contributed by atoms with Crippen molar-refractivity contribution in [3.63, 3.8) is 0 Å². The summed E-state index contributed by atoms with van der Waals surface area (Å²) in [5.41, 5.74) is 0. The van der Waals surface area contributed by atoms with Gasteiger partial charge in [-0.15, -0.1) is 0 Å². The van der Waals surface area contributed by atoms with E-state index in [1.807, 2.05) is 0 Å². The van der Waals surface area contributed by atoms with Crippen LogP contribution in [0.15, 0.2) is 0 Å². The van der Waals surface area contributed by atoms with Crippen LogP contribution in [-0.2, 0) is 10.0 Å². The van der Waals surface area contributed by atoms with E-state index < -0.39 is 10.0 Å². The van der Waals surface area contributed by atoms with E-state index in [1.165, 1.54) is 25.9 Å². The first-order chi connectivity index (χ1) is 7.08. The largest absolute Gasteiger partial charge is 0.316 e. The fourth-order valence-electron chi connectivity index (χ4n) is 1.77. The van der Waals surface area contributed by atoms with Gasteiger partial charge in [-0.3, -0.25) is 0 Å². The highest BCUT2D eigenvalue weighted by molar-refractivity contribution is 7.89. The molecule has 0 aliphatic carbocycles. The Hall–Kier alpha value is -0.170. The van der Waals surface area contributed by atoms with E-state index >= 15 is 0 Å². The average Bonchev–Trinajstić information content (AvgIpc) is 2.61. The van der Waals surface area contributed by atoms with Crippen LogP contribution in [0.3, 0.4) is 0 Å². The van der Waals surface area contributed by atoms with Crippen molar-refractivity contribution in [1.82, 2.24) is 10.2 Å². The molecule has 0 unspecified atom stereocenters. The van der Waals surface area contributed by atoms with Crippen LogP contribution in [0.25, 0.3) is 0 Å². The Bertz CT molecular complexity index is 261.